The molecular weight excluding hydrogens is 202 g/mol. The molecule has 6 heteroatoms. The molecule has 0 N–H and O–H groups in total. The lowest BCUT2D eigenvalue weighted by Crippen LogP contribution is -2.39. The molecule has 2 rings (SSSR count). The van der Waals surface area contributed by atoms with Crippen molar-refractivity contribution in [1.82, 2.24) is 19.7 Å². The van der Waals surface area contributed by atoms with Crippen LogP contribution in [0.1, 0.15) is 18.7 Å². The third-order valence-corrected chi connectivity index (χ3v) is 2.76. The minimum atomic E-state index is -2.48. The van der Waals surface area contributed by atoms with E-state index in [0.717, 1.165) is 5.82 Å². The average Bonchev–Trinajstić information content (AvgIpc) is 2.56. The molecular formula is C9H14F2N4. The Morgan fingerprint density at radius 2 is 2.07 bits per heavy atom. The largest absolute Gasteiger partial charge is 0.296 e. The molecule has 0 spiro atoms. The lowest BCUT2D eigenvalue weighted by atomic mass is 10.1. The average molecular weight is 216 g/mol. The highest BCUT2D eigenvalue weighted by atomic mass is 19.3. The molecule has 84 valence electrons. The Morgan fingerprint density at radius 3 is 2.60 bits per heavy atom. The highest BCUT2D eigenvalue weighted by molar-refractivity contribution is 4.86. The summed E-state index contributed by atoms with van der Waals surface area (Å²) in [6.07, 6.45) is 1.38. The molecule has 1 fully saturated rings. The summed E-state index contributed by atoms with van der Waals surface area (Å²) in [4.78, 5) is 6.06. The topological polar surface area (TPSA) is 34.0 Å². The minimum Gasteiger partial charge on any atom is -0.296 e. The quantitative estimate of drug-likeness (QED) is 0.741. The Morgan fingerprint density at radius 1 is 1.40 bits per heavy atom. The van der Waals surface area contributed by atoms with Gasteiger partial charge in [-0.15, -0.1) is 0 Å². The number of rotatable bonds is 2. The van der Waals surface area contributed by atoms with Crippen LogP contribution in [0.5, 0.6) is 0 Å². The van der Waals surface area contributed by atoms with E-state index in [2.05, 4.69) is 10.1 Å². The lowest BCUT2D eigenvalue weighted by Gasteiger charge is -2.31. The summed E-state index contributed by atoms with van der Waals surface area (Å²) in [5.41, 5.74) is 0. The Kier molecular flexibility index (Phi) is 2.68. The van der Waals surface area contributed by atoms with Crippen LogP contribution in [-0.4, -0.2) is 38.7 Å². The van der Waals surface area contributed by atoms with Gasteiger partial charge in [0.15, 0.2) is 0 Å². The van der Waals surface area contributed by atoms with Crippen LogP contribution in [0.15, 0.2) is 6.33 Å². The van der Waals surface area contributed by atoms with Gasteiger partial charge in [0.2, 0.25) is 0 Å². The Hall–Kier alpha value is -1.04. The van der Waals surface area contributed by atoms with Crippen molar-refractivity contribution in [2.24, 2.45) is 7.05 Å². The fourth-order valence-corrected chi connectivity index (χ4v) is 1.70. The van der Waals surface area contributed by atoms with E-state index in [4.69, 9.17) is 0 Å². The van der Waals surface area contributed by atoms with Crippen LogP contribution in [0.25, 0.3) is 0 Å². The molecule has 1 aromatic heterocycles. The second-order valence-corrected chi connectivity index (χ2v) is 3.93. The number of hydrogen-bond donors (Lipinski definition) is 0. The number of hydrogen-bond acceptors (Lipinski definition) is 3. The van der Waals surface area contributed by atoms with Gasteiger partial charge in [-0.05, 0) is 0 Å². The van der Waals surface area contributed by atoms with Crippen LogP contribution < -0.4 is 0 Å². The number of piperidine rings is 1. The predicted octanol–water partition coefficient (Wildman–Crippen LogP) is 1.05. The summed E-state index contributed by atoms with van der Waals surface area (Å²) >= 11 is 0. The van der Waals surface area contributed by atoms with Crippen LogP contribution in [0.4, 0.5) is 8.78 Å². The van der Waals surface area contributed by atoms with E-state index in [1.165, 1.54) is 6.33 Å². The first kappa shape index (κ1) is 10.5. The molecule has 15 heavy (non-hydrogen) atoms. The van der Waals surface area contributed by atoms with Gasteiger partial charge >= 0.3 is 0 Å². The zero-order valence-electron chi connectivity index (χ0n) is 8.66. The number of likely N-dealkylation sites (tertiary alicyclic amines) is 1. The second kappa shape index (κ2) is 3.84. The molecule has 1 saturated heterocycles. The maximum Gasteiger partial charge on any atom is 0.250 e. The van der Waals surface area contributed by atoms with Crippen molar-refractivity contribution < 1.29 is 8.78 Å². The summed E-state index contributed by atoms with van der Waals surface area (Å²) < 4.78 is 27.4. The Bertz CT molecular complexity index is 327. The molecule has 1 aromatic rings. The van der Waals surface area contributed by atoms with E-state index in [0.29, 0.717) is 19.6 Å². The van der Waals surface area contributed by atoms with E-state index in [1.54, 1.807) is 11.7 Å². The molecule has 0 bridgehead atoms. The molecule has 0 radical (unpaired) electrons. The maximum absolute atomic E-state index is 12.9. The monoisotopic (exact) mass is 216 g/mol. The van der Waals surface area contributed by atoms with E-state index in [9.17, 15) is 8.78 Å². The molecule has 1 aliphatic rings. The minimum absolute atomic E-state index is 0.0507. The smallest absolute Gasteiger partial charge is 0.250 e. The van der Waals surface area contributed by atoms with Gasteiger partial charge in [0.05, 0.1) is 6.54 Å². The Labute approximate surface area is 86.9 Å². The highest BCUT2D eigenvalue weighted by Gasteiger charge is 2.34. The lowest BCUT2D eigenvalue weighted by molar-refractivity contribution is -0.0571. The normalized spacial score (nSPS) is 21.8. The molecule has 0 amide bonds. The molecule has 0 saturated carbocycles. The van der Waals surface area contributed by atoms with Crippen molar-refractivity contribution in [2.45, 2.75) is 25.3 Å². The van der Waals surface area contributed by atoms with Crippen molar-refractivity contribution in [1.29, 1.82) is 0 Å². The first-order valence-electron chi connectivity index (χ1n) is 5.00. The predicted molar refractivity (Wildman–Crippen MR) is 50.5 cm³/mol. The fourth-order valence-electron chi connectivity index (χ4n) is 1.70. The number of nitrogens with zero attached hydrogens (tertiary/aromatic N) is 4. The summed E-state index contributed by atoms with van der Waals surface area (Å²) in [6, 6.07) is 0. The second-order valence-electron chi connectivity index (χ2n) is 3.93. The number of halogens is 2. The number of aromatic nitrogens is 3. The van der Waals surface area contributed by atoms with Gasteiger partial charge in [0.1, 0.15) is 12.2 Å². The van der Waals surface area contributed by atoms with E-state index in [-0.39, 0.29) is 12.8 Å². The standard InChI is InChI=1S/C9H14F2N4/c1-14-8(12-7-13-14)6-15-4-2-9(10,11)3-5-15/h7H,2-6H2,1H3. The summed E-state index contributed by atoms with van der Waals surface area (Å²) in [7, 11) is 1.81. The Balaban J connectivity index is 1.90. The van der Waals surface area contributed by atoms with Crippen molar-refractivity contribution in [3.8, 4) is 0 Å². The maximum atomic E-state index is 12.9. The summed E-state index contributed by atoms with van der Waals surface area (Å²) in [5.74, 6) is -1.66. The molecule has 4 nitrogen and oxygen atoms in total. The first-order chi connectivity index (χ1) is 7.07. The van der Waals surface area contributed by atoms with Crippen molar-refractivity contribution in [2.75, 3.05) is 13.1 Å². The molecule has 0 aliphatic carbocycles. The van der Waals surface area contributed by atoms with Gasteiger partial charge in [-0.1, -0.05) is 0 Å². The van der Waals surface area contributed by atoms with Gasteiger partial charge in [0.25, 0.3) is 5.92 Å². The van der Waals surface area contributed by atoms with Crippen LogP contribution >= 0.6 is 0 Å². The third kappa shape index (κ3) is 2.50. The van der Waals surface area contributed by atoms with Crippen LogP contribution in [0.2, 0.25) is 0 Å². The van der Waals surface area contributed by atoms with E-state index >= 15 is 0 Å². The van der Waals surface area contributed by atoms with Gasteiger partial charge in [-0.3, -0.25) is 9.58 Å². The number of alkyl halides is 2. The van der Waals surface area contributed by atoms with E-state index in [1.807, 2.05) is 4.90 Å². The fraction of sp³-hybridized carbons (Fsp3) is 0.778. The van der Waals surface area contributed by atoms with Crippen molar-refractivity contribution >= 4 is 0 Å². The van der Waals surface area contributed by atoms with Crippen LogP contribution in [0.3, 0.4) is 0 Å². The van der Waals surface area contributed by atoms with Crippen molar-refractivity contribution in [3.63, 3.8) is 0 Å². The molecule has 0 aromatic carbocycles. The highest BCUT2D eigenvalue weighted by Crippen LogP contribution is 2.27. The zero-order valence-corrected chi connectivity index (χ0v) is 8.66. The van der Waals surface area contributed by atoms with Gasteiger partial charge in [-0.2, -0.15) is 5.10 Å². The van der Waals surface area contributed by atoms with Crippen LogP contribution in [0, 0.1) is 0 Å². The van der Waals surface area contributed by atoms with Crippen molar-refractivity contribution in [3.05, 3.63) is 12.2 Å². The molecule has 1 aliphatic heterocycles. The number of aryl methyl sites for hydroxylation is 1. The molecule has 0 atom stereocenters. The zero-order chi connectivity index (χ0) is 10.9. The van der Waals surface area contributed by atoms with Gasteiger partial charge in [0, 0.05) is 33.0 Å². The van der Waals surface area contributed by atoms with E-state index < -0.39 is 5.92 Å². The third-order valence-electron chi connectivity index (χ3n) is 2.76. The summed E-state index contributed by atoms with van der Waals surface area (Å²) in [5, 5.41) is 3.94. The molecule has 0 unspecified atom stereocenters. The van der Waals surface area contributed by atoms with Crippen LogP contribution in [-0.2, 0) is 13.6 Å². The van der Waals surface area contributed by atoms with Gasteiger partial charge < -0.3 is 0 Å². The SMILES string of the molecule is Cn1ncnc1CN1CCC(F)(F)CC1. The van der Waals surface area contributed by atoms with Gasteiger partial charge in [-0.25, -0.2) is 13.8 Å². The first-order valence-corrected chi connectivity index (χ1v) is 5.00. The summed E-state index contributed by atoms with van der Waals surface area (Å²) in [6.45, 7) is 1.46. The molecule has 2 heterocycles.